The molecule has 1 N–H and O–H groups in total. The predicted molar refractivity (Wildman–Crippen MR) is 82.6 cm³/mol. The summed E-state index contributed by atoms with van der Waals surface area (Å²) in [6.45, 7) is 3.34. The number of H-pyrrole nitrogens is 1. The molecule has 3 rings (SSSR count). The number of aromatic nitrogens is 1. The maximum atomic E-state index is 12.4. The largest absolute Gasteiger partial charge is 0.352 e. The van der Waals surface area contributed by atoms with Crippen LogP contribution in [0, 0.1) is 6.92 Å². The Hall–Kier alpha value is -2.20. The van der Waals surface area contributed by atoms with Gasteiger partial charge in [-0.1, -0.05) is 30.3 Å². The summed E-state index contributed by atoms with van der Waals surface area (Å²) >= 11 is 1.54. The van der Waals surface area contributed by atoms with Crippen molar-refractivity contribution in [3.63, 3.8) is 0 Å². The lowest BCUT2D eigenvalue weighted by Crippen LogP contribution is -2.13. The summed E-state index contributed by atoms with van der Waals surface area (Å²) < 4.78 is 0. The van der Waals surface area contributed by atoms with E-state index in [0.29, 0.717) is 5.39 Å². The van der Waals surface area contributed by atoms with Crippen LogP contribution in [0.3, 0.4) is 0 Å². The van der Waals surface area contributed by atoms with Gasteiger partial charge in [-0.15, -0.1) is 11.3 Å². The molecule has 0 unspecified atom stereocenters. The van der Waals surface area contributed by atoms with Crippen LogP contribution in [0.15, 0.2) is 41.3 Å². The summed E-state index contributed by atoms with van der Waals surface area (Å²) in [6.07, 6.45) is 1.51. The maximum absolute atomic E-state index is 12.4. The number of ketones is 1. The lowest BCUT2D eigenvalue weighted by Gasteiger charge is -1.98. The zero-order chi connectivity index (χ0) is 14.3. The number of carbonyl (C=O) groups excluding carboxylic acids is 1. The topological polar surface area (TPSA) is 49.9 Å². The first-order chi connectivity index (χ1) is 9.59. The monoisotopic (exact) mass is 283 g/mol. The standard InChI is InChI=1S/C16H13NO2S/c1-9-13-14(19)12(10(2)18)8-17-16(13)20-15(9)11-6-4-3-5-7-11/h3-8H,1-2H3,(H,17,19). The molecule has 0 fully saturated rings. The van der Waals surface area contributed by atoms with Gasteiger partial charge in [-0.05, 0) is 25.0 Å². The molecule has 0 atom stereocenters. The lowest BCUT2D eigenvalue weighted by atomic mass is 10.1. The number of Topliss-reactive ketones (excluding diaryl/α,β-unsaturated/α-hetero) is 1. The van der Waals surface area contributed by atoms with Crippen LogP contribution in [0.5, 0.6) is 0 Å². The Balaban J connectivity index is 2.34. The van der Waals surface area contributed by atoms with Gasteiger partial charge < -0.3 is 4.98 Å². The number of pyridine rings is 1. The van der Waals surface area contributed by atoms with Gasteiger partial charge in [0.05, 0.1) is 10.9 Å². The minimum absolute atomic E-state index is 0.179. The average molecular weight is 283 g/mol. The molecule has 0 aliphatic carbocycles. The number of thiophene rings is 1. The highest BCUT2D eigenvalue weighted by molar-refractivity contribution is 7.22. The van der Waals surface area contributed by atoms with Crippen molar-refractivity contribution in [1.82, 2.24) is 4.98 Å². The zero-order valence-electron chi connectivity index (χ0n) is 11.2. The van der Waals surface area contributed by atoms with Crippen LogP contribution in [0.1, 0.15) is 22.8 Å². The molecule has 3 aromatic rings. The first-order valence-electron chi connectivity index (χ1n) is 6.30. The zero-order valence-corrected chi connectivity index (χ0v) is 12.0. The van der Waals surface area contributed by atoms with E-state index in [4.69, 9.17) is 0 Å². The minimum Gasteiger partial charge on any atom is -0.352 e. The summed E-state index contributed by atoms with van der Waals surface area (Å²) in [5.74, 6) is -0.208. The van der Waals surface area contributed by atoms with Crippen molar-refractivity contribution in [3.05, 3.63) is 57.9 Å². The molecule has 1 aromatic carbocycles. The number of rotatable bonds is 2. The van der Waals surface area contributed by atoms with E-state index < -0.39 is 0 Å². The van der Waals surface area contributed by atoms with E-state index in [1.165, 1.54) is 13.1 Å². The van der Waals surface area contributed by atoms with Gasteiger partial charge in [0.25, 0.3) is 0 Å². The van der Waals surface area contributed by atoms with Crippen molar-refractivity contribution < 1.29 is 4.79 Å². The normalized spacial score (nSPS) is 10.9. The number of carbonyl (C=O) groups is 1. The molecule has 4 heteroatoms. The number of benzene rings is 1. The van der Waals surface area contributed by atoms with Crippen molar-refractivity contribution >= 4 is 27.3 Å². The van der Waals surface area contributed by atoms with Crippen molar-refractivity contribution in [1.29, 1.82) is 0 Å². The third kappa shape index (κ3) is 1.89. The summed E-state index contributed by atoms with van der Waals surface area (Å²) in [7, 11) is 0. The molecule has 20 heavy (non-hydrogen) atoms. The van der Waals surface area contributed by atoms with Crippen LogP contribution in [-0.4, -0.2) is 10.8 Å². The fourth-order valence-corrected chi connectivity index (χ4v) is 3.53. The Morgan fingerprint density at radius 3 is 2.55 bits per heavy atom. The van der Waals surface area contributed by atoms with Gasteiger partial charge in [-0.2, -0.15) is 0 Å². The molecule has 0 spiro atoms. The summed E-state index contributed by atoms with van der Waals surface area (Å²) in [6, 6.07) is 9.96. The summed E-state index contributed by atoms with van der Waals surface area (Å²) in [5, 5.41) is 0.626. The molecule has 0 radical (unpaired) electrons. The molecule has 2 aromatic heterocycles. The fourth-order valence-electron chi connectivity index (χ4n) is 2.35. The van der Waals surface area contributed by atoms with E-state index in [9.17, 15) is 9.59 Å². The lowest BCUT2D eigenvalue weighted by molar-refractivity contribution is 0.101. The molecule has 0 saturated heterocycles. The number of aryl methyl sites for hydroxylation is 1. The van der Waals surface area contributed by atoms with Crippen molar-refractivity contribution in [2.75, 3.05) is 0 Å². The second-order valence-corrected chi connectivity index (χ2v) is 5.73. The van der Waals surface area contributed by atoms with E-state index in [2.05, 4.69) is 4.98 Å². The smallest absolute Gasteiger partial charge is 0.201 e. The van der Waals surface area contributed by atoms with Gasteiger partial charge in [0.2, 0.25) is 5.43 Å². The highest BCUT2D eigenvalue weighted by Gasteiger charge is 2.16. The first-order valence-corrected chi connectivity index (χ1v) is 7.12. The second-order valence-electron chi connectivity index (χ2n) is 4.71. The van der Waals surface area contributed by atoms with E-state index in [0.717, 1.165) is 20.8 Å². The highest BCUT2D eigenvalue weighted by atomic mass is 32.1. The van der Waals surface area contributed by atoms with Gasteiger partial charge in [0, 0.05) is 11.1 Å². The number of hydrogen-bond acceptors (Lipinski definition) is 3. The molecule has 0 saturated carbocycles. The van der Waals surface area contributed by atoms with Gasteiger partial charge in [-0.25, -0.2) is 0 Å². The molecule has 3 nitrogen and oxygen atoms in total. The van der Waals surface area contributed by atoms with Gasteiger partial charge in [-0.3, -0.25) is 9.59 Å². The third-order valence-corrected chi connectivity index (χ3v) is 4.65. The second kappa shape index (κ2) is 4.72. The maximum Gasteiger partial charge on any atom is 0.201 e. The van der Waals surface area contributed by atoms with Gasteiger partial charge >= 0.3 is 0 Å². The van der Waals surface area contributed by atoms with Crippen molar-refractivity contribution in [2.24, 2.45) is 0 Å². The van der Waals surface area contributed by atoms with Crippen molar-refractivity contribution in [2.45, 2.75) is 13.8 Å². The number of fused-ring (bicyclic) bond motifs is 1. The van der Waals surface area contributed by atoms with E-state index in [1.807, 2.05) is 37.3 Å². The molecular weight excluding hydrogens is 270 g/mol. The Bertz CT molecular complexity index is 859. The highest BCUT2D eigenvalue weighted by Crippen LogP contribution is 2.35. The summed E-state index contributed by atoms with van der Waals surface area (Å²) in [5.41, 5.74) is 2.06. The van der Waals surface area contributed by atoms with Crippen LogP contribution in [0.25, 0.3) is 20.7 Å². The molecule has 0 aliphatic heterocycles. The van der Waals surface area contributed by atoms with Crippen molar-refractivity contribution in [3.8, 4) is 10.4 Å². The van der Waals surface area contributed by atoms with E-state index in [1.54, 1.807) is 11.3 Å². The van der Waals surface area contributed by atoms with Gasteiger partial charge in [0.15, 0.2) is 5.78 Å². The van der Waals surface area contributed by atoms with E-state index in [-0.39, 0.29) is 16.8 Å². The van der Waals surface area contributed by atoms with Crippen LogP contribution >= 0.6 is 11.3 Å². The molecule has 2 heterocycles. The first kappa shape index (κ1) is 12.8. The van der Waals surface area contributed by atoms with Crippen LogP contribution in [-0.2, 0) is 0 Å². The van der Waals surface area contributed by atoms with Gasteiger partial charge in [0.1, 0.15) is 4.83 Å². The average Bonchev–Trinajstić information content (AvgIpc) is 2.78. The Morgan fingerprint density at radius 1 is 1.20 bits per heavy atom. The molecule has 0 bridgehead atoms. The van der Waals surface area contributed by atoms with E-state index >= 15 is 0 Å². The minimum atomic E-state index is -0.208. The third-order valence-electron chi connectivity index (χ3n) is 3.38. The Morgan fingerprint density at radius 2 is 1.90 bits per heavy atom. The molecular formula is C16H13NO2S. The number of nitrogens with one attached hydrogen (secondary N) is 1. The number of aromatic amines is 1. The Labute approximate surface area is 119 Å². The predicted octanol–water partition coefficient (Wildman–Crippen LogP) is 3.77. The fraction of sp³-hybridized carbons (Fsp3) is 0.125. The molecule has 100 valence electrons. The van der Waals surface area contributed by atoms with Crippen LogP contribution in [0.2, 0.25) is 0 Å². The Kier molecular flexibility index (Phi) is 3.03. The molecule has 0 aliphatic rings. The molecule has 0 amide bonds. The number of hydrogen-bond donors (Lipinski definition) is 1. The summed E-state index contributed by atoms with van der Waals surface area (Å²) in [4.78, 5) is 28.8. The SMILES string of the molecule is CC(=O)c1c[nH]c2sc(-c3ccccc3)c(C)c2c1=O. The van der Waals surface area contributed by atoms with Crippen LogP contribution < -0.4 is 5.43 Å². The van der Waals surface area contributed by atoms with Crippen LogP contribution in [0.4, 0.5) is 0 Å². The quantitative estimate of drug-likeness (QED) is 0.728.